The van der Waals surface area contributed by atoms with E-state index < -0.39 is 0 Å². The number of aryl methyl sites for hydroxylation is 1. The van der Waals surface area contributed by atoms with E-state index in [1.807, 2.05) is 13.0 Å². The Kier molecular flexibility index (Phi) is 4.30. The molecule has 0 bridgehead atoms. The highest BCUT2D eigenvalue weighted by Crippen LogP contribution is 2.12. The number of hydrogen-bond acceptors (Lipinski definition) is 5. The Bertz CT molecular complexity index is 290. The van der Waals surface area contributed by atoms with Crippen molar-refractivity contribution in [1.82, 2.24) is 9.97 Å². The number of aromatic nitrogens is 2. The maximum absolute atomic E-state index is 5.34. The van der Waals surface area contributed by atoms with Crippen LogP contribution in [0.5, 0.6) is 0 Å². The first-order chi connectivity index (χ1) is 7.19. The maximum Gasteiger partial charge on any atom is 0.145 e. The standard InChI is InChI=1S/C10H19N5/c1-4-7(3)12-9-6-10(15-11)14-8(5-2)13-9/h6-7H,4-5,11H2,1-3H3,(H2,12,13,14,15). The molecular formula is C10H19N5. The topological polar surface area (TPSA) is 75.9 Å². The lowest BCUT2D eigenvalue weighted by Gasteiger charge is -2.13. The maximum atomic E-state index is 5.34. The molecule has 5 nitrogen and oxygen atoms in total. The number of nitrogens with two attached hydrogens (primary N) is 1. The third kappa shape index (κ3) is 3.36. The molecule has 1 rings (SSSR count). The summed E-state index contributed by atoms with van der Waals surface area (Å²) < 4.78 is 0. The van der Waals surface area contributed by atoms with Gasteiger partial charge in [-0.3, -0.25) is 0 Å². The summed E-state index contributed by atoms with van der Waals surface area (Å²) in [6.07, 6.45) is 1.85. The van der Waals surface area contributed by atoms with Gasteiger partial charge in [-0.05, 0) is 13.3 Å². The van der Waals surface area contributed by atoms with Gasteiger partial charge in [-0.2, -0.15) is 0 Å². The lowest BCUT2D eigenvalue weighted by molar-refractivity contribution is 0.755. The van der Waals surface area contributed by atoms with E-state index in [1.165, 1.54) is 0 Å². The number of hydrazine groups is 1. The SMILES string of the molecule is CCc1nc(NN)cc(NC(C)CC)n1. The average Bonchev–Trinajstić information content (AvgIpc) is 2.28. The van der Waals surface area contributed by atoms with Crippen molar-refractivity contribution >= 4 is 11.6 Å². The third-order valence-corrected chi connectivity index (χ3v) is 2.24. The predicted octanol–water partition coefficient (Wildman–Crippen LogP) is 1.53. The van der Waals surface area contributed by atoms with Gasteiger partial charge in [-0.25, -0.2) is 15.8 Å². The summed E-state index contributed by atoms with van der Waals surface area (Å²) in [5, 5.41) is 3.29. The fourth-order valence-corrected chi connectivity index (χ4v) is 1.16. The summed E-state index contributed by atoms with van der Waals surface area (Å²) in [4.78, 5) is 8.59. The Labute approximate surface area is 90.5 Å². The van der Waals surface area contributed by atoms with Crippen molar-refractivity contribution in [3.8, 4) is 0 Å². The molecule has 5 heteroatoms. The molecule has 0 aromatic carbocycles. The van der Waals surface area contributed by atoms with Crippen LogP contribution in [0.25, 0.3) is 0 Å². The molecule has 0 aliphatic rings. The van der Waals surface area contributed by atoms with Gasteiger partial charge in [0.1, 0.15) is 17.5 Å². The molecule has 1 aromatic heterocycles. The van der Waals surface area contributed by atoms with E-state index in [0.29, 0.717) is 11.9 Å². The van der Waals surface area contributed by atoms with Crippen LogP contribution in [0.4, 0.5) is 11.6 Å². The Morgan fingerprint density at radius 2 is 2.00 bits per heavy atom. The highest BCUT2D eigenvalue weighted by atomic mass is 15.3. The van der Waals surface area contributed by atoms with Crippen LogP contribution in [0.1, 0.15) is 33.0 Å². The Hall–Kier alpha value is -1.36. The molecule has 0 radical (unpaired) electrons. The Morgan fingerprint density at radius 3 is 2.53 bits per heavy atom. The van der Waals surface area contributed by atoms with Crippen LogP contribution in [0.2, 0.25) is 0 Å². The number of nitrogens with zero attached hydrogens (tertiary/aromatic N) is 2. The fraction of sp³-hybridized carbons (Fsp3) is 0.600. The molecule has 0 aliphatic heterocycles. The van der Waals surface area contributed by atoms with E-state index in [0.717, 1.165) is 24.5 Å². The van der Waals surface area contributed by atoms with Crippen molar-refractivity contribution in [2.24, 2.45) is 5.84 Å². The first-order valence-corrected chi connectivity index (χ1v) is 5.30. The highest BCUT2D eigenvalue weighted by molar-refractivity contribution is 5.47. The zero-order valence-electron chi connectivity index (χ0n) is 9.54. The minimum Gasteiger partial charge on any atom is -0.367 e. The van der Waals surface area contributed by atoms with Gasteiger partial charge in [0.05, 0.1) is 0 Å². The second-order valence-electron chi connectivity index (χ2n) is 3.51. The van der Waals surface area contributed by atoms with E-state index in [2.05, 4.69) is 34.6 Å². The molecule has 0 saturated carbocycles. The van der Waals surface area contributed by atoms with Crippen molar-refractivity contribution in [2.45, 2.75) is 39.7 Å². The number of nitrogen functional groups attached to an aromatic ring is 1. The van der Waals surface area contributed by atoms with E-state index in [9.17, 15) is 0 Å². The van der Waals surface area contributed by atoms with E-state index >= 15 is 0 Å². The summed E-state index contributed by atoms with van der Waals surface area (Å²) >= 11 is 0. The molecule has 84 valence electrons. The summed E-state index contributed by atoms with van der Waals surface area (Å²) in [5.41, 5.74) is 2.54. The van der Waals surface area contributed by atoms with Crippen molar-refractivity contribution in [3.63, 3.8) is 0 Å². The molecule has 0 amide bonds. The second kappa shape index (κ2) is 5.50. The quantitative estimate of drug-likeness (QED) is 0.506. The van der Waals surface area contributed by atoms with Crippen LogP contribution < -0.4 is 16.6 Å². The monoisotopic (exact) mass is 209 g/mol. The summed E-state index contributed by atoms with van der Waals surface area (Å²) in [7, 11) is 0. The van der Waals surface area contributed by atoms with Crippen molar-refractivity contribution < 1.29 is 0 Å². The van der Waals surface area contributed by atoms with Gasteiger partial charge in [0, 0.05) is 18.5 Å². The Balaban J connectivity index is 2.86. The van der Waals surface area contributed by atoms with Gasteiger partial charge < -0.3 is 10.7 Å². The average molecular weight is 209 g/mol. The number of nitrogens with one attached hydrogen (secondary N) is 2. The van der Waals surface area contributed by atoms with Crippen LogP contribution in [-0.4, -0.2) is 16.0 Å². The molecule has 1 unspecified atom stereocenters. The number of hydrogen-bond donors (Lipinski definition) is 3. The zero-order chi connectivity index (χ0) is 11.3. The molecular weight excluding hydrogens is 190 g/mol. The van der Waals surface area contributed by atoms with Gasteiger partial charge in [-0.1, -0.05) is 13.8 Å². The van der Waals surface area contributed by atoms with Crippen LogP contribution >= 0.6 is 0 Å². The molecule has 1 aromatic rings. The minimum atomic E-state index is 0.398. The van der Waals surface area contributed by atoms with Crippen molar-refractivity contribution in [2.75, 3.05) is 10.7 Å². The van der Waals surface area contributed by atoms with E-state index in [4.69, 9.17) is 5.84 Å². The summed E-state index contributed by atoms with van der Waals surface area (Å²) in [6, 6.07) is 2.21. The molecule has 15 heavy (non-hydrogen) atoms. The predicted molar refractivity (Wildman–Crippen MR) is 62.6 cm³/mol. The lowest BCUT2D eigenvalue weighted by Crippen LogP contribution is -2.17. The highest BCUT2D eigenvalue weighted by Gasteiger charge is 2.04. The van der Waals surface area contributed by atoms with Gasteiger partial charge >= 0.3 is 0 Å². The van der Waals surface area contributed by atoms with Gasteiger partial charge in [0.15, 0.2) is 0 Å². The largest absolute Gasteiger partial charge is 0.367 e. The van der Waals surface area contributed by atoms with E-state index in [1.54, 1.807) is 0 Å². The van der Waals surface area contributed by atoms with Gasteiger partial charge in [0.25, 0.3) is 0 Å². The molecule has 1 heterocycles. The summed E-state index contributed by atoms with van der Waals surface area (Å²) in [6.45, 7) is 6.26. The normalized spacial score (nSPS) is 12.3. The zero-order valence-corrected chi connectivity index (χ0v) is 9.54. The van der Waals surface area contributed by atoms with E-state index in [-0.39, 0.29) is 0 Å². The summed E-state index contributed by atoms with van der Waals surface area (Å²) in [5.74, 6) is 7.60. The van der Waals surface area contributed by atoms with Crippen molar-refractivity contribution in [1.29, 1.82) is 0 Å². The van der Waals surface area contributed by atoms with Crippen LogP contribution in [0, 0.1) is 0 Å². The third-order valence-electron chi connectivity index (χ3n) is 2.24. The first kappa shape index (κ1) is 11.7. The Morgan fingerprint density at radius 1 is 1.33 bits per heavy atom. The van der Waals surface area contributed by atoms with Crippen LogP contribution in [0.15, 0.2) is 6.07 Å². The van der Waals surface area contributed by atoms with Gasteiger partial charge in [0.2, 0.25) is 0 Å². The van der Waals surface area contributed by atoms with Crippen LogP contribution in [0.3, 0.4) is 0 Å². The number of anilines is 2. The smallest absolute Gasteiger partial charge is 0.145 e. The van der Waals surface area contributed by atoms with Crippen molar-refractivity contribution in [3.05, 3.63) is 11.9 Å². The first-order valence-electron chi connectivity index (χ1n) is 5.30. The molecule has 0 aliphatic carbocycles. The fourth-order valence-electron chi connectivity index (χ4n) is 1.16. The second-order valence-corrected chi connectivity index (χ2v) is 3.51. The molecule has 0 spiro atoms. The lowest BCUT2D eigenvalue weighted by atomic mass is 10.2. The van der Waals surface area contributed by atoms with Crippen LogP contribution in [-0.2, 0) is 6.42 Å². The molecule has 4 N–H and O–H groups in total. The molecule has 0 saturated heterocycles. The molecule has 0 fully saturated rings. The molecule has 1 atom stereocenters. The number of rotatable bonds is 5. The minimum absolute atomic E-state index is 0.398. The van der Waals surface area contributed by atoms with Gasteiger partial charge in [-0.15, -0.1) is 0 Å².